The molecule has 0 aliphatic carbocycles. The van der Waals surface area contributed by atoms with Crippen LogP contribution in [0.25, 0.3) is 0 Å². The molecular formula is C19H30N2O4. The van der Waals surface area contributed by atoms with E-state index in [4.69, 9.17) is 4.74 Å². The third-order valence-electron chi connectivity index (χ3n) is 3.64. The van der Waals surface area contributed by atoms with Gasteiger partial charge in [0.25, 0.3) is 6.47 Å². The Bertz CT molecular complexity index is 517. The minimum Gasteiger partial charge on any atom is -0.462 e. The summed E-state index contributed by atoms with van der Waals surface area (Å²) in [5, 5.41) is 6.06. The van der Waals surface area contributed by atoms with E-state index in [9.17, 15) is 9.59 Å². The standard InChI is InChI=1S/C14H20N2O2.C5H10O2/c1-2-18-14(17)16-13-5-3-11(4-6-13)12-7-9-15-10-8-12;1-5(2,3)7-4-6/h3-6,12,15H,2,7-10H2,1H3,(H,16,17);4H,1-3H3. The molecule has 1 fully saturated rings. The van der Waals surface area contributed by atoms with Crippen LogP contribution in [0.3, 0.4) is 0 Å². The van der Waals surface area contributed by atoms with Gasteiger partial charge in [-0.05, 0) is 77.2 Å². The van der Waals surface area contributed by atoms with Gasteiger partial charge in [0.05, 0.1) is 6.61 Å². The van der Waals surface area contributed by atoms with Gasteiger partial charge in [0.15, 0.2) is 0 Å². The topological polar surface area (TPSA) is 76.7 Å². The highest BCUT2D eigenvalue weighted by Gasteiger charge is 2.14. The maximum atomic E-state index is 11.3. The predicted molar refractivity (Wildman–Crippen MR) is 98.8 cm³/mol. The van der Waals surface area contributed by atoms with Gasteiger partial charge in [-0.2, -0.15) is 0 Å². The molecule has 1 saturated heterocycles. The van der Waals surface area contributed by atoms with Crippen LogP contribution in [0.2, 0.25) is 0 Å². The summed E-state index contributed by atoms with van der Waals surface area (Å²) in [6.07, 6.45) is 1.97. The van der Waals surface area contributed by atoms with Crippen LogP contribution in [0.1, 0.15) is 52.0 Å². The van der Waals surface area contributed by atoms with Crippen LogP contribution >= 0.6 is 0 Å². The Morgan fingerprint density at radius 1 is 1.24 bits per heavy atom. The van der Waals surface area contributed by atoms with Crippen molar-refractivity contribution in [2.24, 2.45) is 0 Å². The fourth-order valence-electron chi connectivity index (χ4n) is 2.42. The fourth-order valence-corrected chi connectivity index (χ4v) is 2.42. The van der Waals surface area contributed by atoms with Crippen LogP contribution in [0.4, 0.5) is 10.5 Å². The van der Waals surface area contributed by atoms with Gasteiger partial charge < -0.3 is 14.8 Å². The van der Waals surface area contributed by atoms with Gasteiger partial charge in [-0.25, -0.2) is 4.79 Å². The largest absolute Gasteiger partial charge is 0.462 e. The number of carbonyl (C=O) groups excluding carboxylic acids is 2. The number of anilines is 1. The third-order valence-corrected chi connectivity index (χ3v) is 3.64. The quantitative estimate of drug-likeness (QED) is 0.810. The molecule has 6 nitrogen and oxygen atoms in total. The van der Waals surface area contributed by atoms with Gasteiger partial charge >= 0.3 is 6.09 Å². The zero-order valence-electron chi connectivity index (χ0n) is 15.6. The molecule has 1 aliphatic heterocycles. The SMILES string of the molecule is CC(C)(C)OC=O.CCOC(=O)Nc1ccc(C2CCNCC2)cc1. The van der Waals surface area contributed by atoms with Crippen LogP contribution in [-0.2, 0) is 14.3 Å². The molecule has 1 heterocycles. The lowest BCUT2D eigenvalue weighted by atomic mass is 9.90. The Morgan fingerprint density at radius 3 is 2.28 bits per heavy atom. The smallest absolute Gasteiger partial charge is 0.411 e. The van der Waals surface area contributed by atoms with Gasteiger partial charge in [0.2, 0.25) is 0 Å². The van der Waals surface area contributed by atoms with E-state index in [1.165, 1.54) is 18.4 Å². The molecule has 1 aliphatic rings. The first-order valence-electron chi connectivity index (χ1n) is 8.71. The van der Waals surface area contributed by atoms with Gasteiger partial charge in [-0.1, -0.05) is 12.1 Å². The number of carbonyl (C=O) groups is 2. The average molecular weight is 350 g/mol. The van der Waals surface area contributed by atoms with Crippen LogP contribution in [0.15, 0.2) is 24.3 Å². The zero-order valence-corrected chi connectivity index (χ0v) is 15.6. The second kappa shape index (κ2) is 10.7. The molecule has 2 rings (SSSR count). The second-order valence-electron chi connectivity index (χ2n) is 6.82. The maximum absolute atomic E-state index is 11.3. The summed E-state index contributed by atoms with van der Waals surface area (Å²) >= 11 is 0. The Hall–Kier alpha value is -2.08. The fraction of sp³-hybridized carbons (Fsp3) is 0.579. The first kappa shape index (κ1) is 21.0. The van der Waals surface area contributed by atoms with Crippen LogP contribution in [0, 0.1) is 0 Å². The van der Waals surface area contributed by atoms with Crippen molar-refractivity contribution in [2.75, 3.05) is 25.0 Å². The molecule has 140 valence electrons. The predicted octanol–water partition coefficient (Wildman–Crippen LogP) is 3.68. The molecular weight excluding hydrogens is 320 g/mol. The number of hydrogen-bond donors (Lipinski definition) is 2. The van der Waals surface area contributed by atoms with Crippen molar-refractivity contribution >= 4 is 18.3 Å². The van der Waals surface area contributed by atoms with Crippen LogP contribution < -0.4 is 10.6 Å². The zero-order chi connectivity index (χ0) is 18.7. The lowest BCUT2D eigenvalue weighted by Gasteiger charge is -2.23. The monoisotopic (exact) mass is 350 g/mol. The highest BCUT2D eigenvalue weighted by Crippen LogP contribution is 2.26. The molecule has 0 bridgehead atoms. The van der Waals surface area contributed by atoms with Crippen molar-refractivity contribution in [2.45, 2.75) is 52.1 Å². The highest BCUT2D eigenvalue weighted by atomic mass is 16.5. The summed E-state index contributed by atoms with van der Waals surface area (Å²) in [6.45, 7) is 10.3. The molecule has 25 heavy (non-hydrogen) atoms. The molecule has 0 spiro atoms. The first-order chi connectivity index (χ1) is 11.9. The van der Waals surface area contributed by atoms with E-state index in [1.54, 1.807) is 6.92 Å². The first-order valence-corrected chi connectivity index (χ1v) is 8.71. The van der Waals surface area contributed by atoms with Crippen LogP contribution in [0.5, 0.6) is 0 Å². The number of benzene rings is 1. The number of rotatable bonds is 4. The number of hydrogen-bond acceptors (Lipinski definition) is 5. The normalized spacial score (nSPS) is 14.7. The lowest BCUT2D eigenvalue weighted by molar-refractivity contribution is -0.138. The molecule has 0 saturated carbocycles. The number of piperidine rings is 1. The summed E-state index contributed by atoms with van der Waals surface area (Å²) in [6, 6.07) is 8.07. The van der Waals surface area contributed by atoms with Crippen molar-refractivity contribution < 1.29 is 19.1 Å². The minimum absolute atomic E-state index is 0.318. The van der Waals surface area contributed by atoms with Crippen molar-refractivity contribution in [3.05, 3.63) is 29.8 Å². The summed E-state index contributed by atoms with van der Waals surface area (Å²) in [5.41, 5.74) is 1.82. The Labute approximate surface area is 150 Å². The third kappa shape index (κ3) is 9.10. The second-order valence-corrected chi connectivity index (χ2v) is 6.82. The van der Waals surface area contributed by atoms with Crippen LogP contribution in [-0.4, -0.2) is 37.9 Å². The van der Waals surface area contributed by atoms with Crippen molar-refractivity contribution in [3.63, 3.8) is 0 Å². The molecule has 6 heteroatoms. The molecule has 0 unspecified atom stereocenters. The summed E-state index contributed by atoms with van der Waals surface area (Å²) < 4.78 is 9.38. The summed E-state index contributed by atoms with van der Waals surface area (Å²) in [7, 11) is 0. The lowest BCUT2D eigenvalue weighted by Crippen LogP contribution is -2.26. The average Bonchev–Trinajstić information content (AvgIpc) is 2.56. The molecule has 2 N–H and O–H groups in total. The van der Waals surface area contributed by atoms with Gasteiger partial charge in [0, 0.05) is 5.69 Å². The summed E-state index contributed by atoms with van der Waals surface area (Å²) in [4.78, 5) is 20.9. The maximum Gasteiger partial charge on any atom is 0.411 e. The molecule has 0 atom stereocenters. The van der Waals surface area contributed by atoms with E-state index in [0.717, 1.165) is 18.8 Å². The van der Waals surface area contributed by atoms with Gasteiger partial charge in [-0.3, -0.25) is 10.1 Å². The van der Waals surface area contributed by atoms with E-state index in [1.807, 2.05) is 32.9 Å². The van der Waals surface area contributed by atoms with Crippen molar-refractivity contribution in [1.29, 1.82) is 0 Å². The Kier molecular flexibility index (Phi) is 8.99. The molecule has 0 aromatic heterocycles. The van der Waals surface area contributed by atoms with E-state index < -0.39 is 6.09 Å². The minimum atomic E-state index is -0.396. The van der Waals surface area contributed by atoms with Gasteiger partial charge in [0.1, 0.15) is 5.60 Å². The van der Waals surface area contributed by atoms with Gasteiger partial charge in [-0.15, -0.1) is 0 Å². The van der Waals surface area contributed by atoms with E-state index in [-0.39, 0.29) is 5.60 Å². The number of nitrogens with one attached hydrogen (secondary N) is 2. The molecule has 1 amide bonds. The van der Waals surface area contributed by atoms with Crippen molar-refractivity contribution in [3.8, 4) is 0 Å². The van der Waals surface area contributed by atoms with E-state index >= 15 is 0 Å². The van der Waals surface area contributed by atoms with E-state index in [0.29, 0.717) is 19.0 Å². The Morgan fingerprint density at radius 2 is 1.84 bits per heavy atom. The number of amides is 1. The van der Waals surface area contributed by atoms with E-state index in [2.05, 4.69) is 27.5 Å². The molecule has 0 radical (unpaired) electrons. The Balaban J connectivity index is 0.000000381. The number of ether oxygens (including phenoxy) is 2. The molecule has 1 aromatic rings. The summed E-state index contributed by atoms with van der Waals surface area (Å²) in [5.74, 6) is 0.642. The highest BCUT2D eigenvalue weighted by molar-refractivity contribution is 5.84. The van der Waals surface area contributed by atoms with Crippen molar-refractivity contribution in [1.82, 2.24) is 5.32 Å². The molecule has 1 aromatic carbocycles.